The van der Waals surface area contributed by atoms with Gasteiger partial charge in [-0.05, 0) is 15.7 Å². The highest BCUT2D eigenvalue weighted by Crippen LogP contribution is 2.34. The van der Waals surface area contributed by atoms with E-state index in [1.54, 1.807) is 6.08 Å². The topological polar surface area (TPSA) is 63.7 Å². The number of hydrogen-bond acceptors (Lipinski definition) is 4. The van der Waals surface area contributed by atoms with Crippen LogP contribution in [0.1, 0.15) is 19.3 Å². The Morgan fingerprint density at radius 2 is 2.00 bits per heavy atom. The molecular formula is C8H11NO4P+. The van der Waals surface area contributed by atoms with Crippen molar-refractivity contribution in [2.75, 3.05) is 6.61 Å². The molecule has 0 radical (unpaired) electrons. The Balaban J connectivity index is 2.47. The number of rotatable bonds is 5. The van der Waals surface area contributed by atoms with Gasteiger partial charge in [0.1, 0.15) is 6.61 Å². The lowest BCUT2D eigenvalue weighted by atomic mass is 10.4. The minimum absolute atomic E-state index is 0.130. The molecule has 1 rings (SSSR count). The van der Waals surface area contributed by atoms with Crippen molar-refractivity contribution in [1.82, 2.24) is 4.67 Å². The maximum atomic E-state index is 11.3. The van der Waals surface area contributed by atoms with Crippen molar-refractivity contribution < 1.29 is 18.7 Å². The van der Waals surface area contributed by atoms with Crippen molar-refractivity contribution in [1.29, 1.82) is 0 Å². The average molecular weight is 216 g/mol. The number of imide groups is 1. The van der Waals surface area contributed by atoms with Crippen LogP contribution < -0.4 is 0 Å². The van der Waals surface area contributed by atoms with Gasteiger partial charge in [-0.25, -0.2) is 0 Å². The molecule has 1 atom stereocenters. The van der Waals surface area contributed by atoms with Gasteiger partial charge in [-0.2, -0.15) is 0 Å². The summed E-state index contributed by atoms with van der Waals surface area (Å²) in [5.74, 6) is -0.843. The standard InChI is InChI=1S/C8H11NO4P/c1-2-3-6-13-14(12)9-7(10)4-5-8(9)11/h2H,1,3-6H2/q+1. The molecule has 0 aromatic carbocycles. The van der Waals surface area contributed by atoms with Crippen LogP contribution in [-0.2, 0) is 18.7 Å². The lowest BCUT2D eigenvalue weighted by Gasteiger charge is -1.96. The molecule has 5 nitrogen and oxygen atoms in total. The average Bonchev–Trinajstić information content (AvgIpc) is 2.46. The summed E-state index contributed by atoms with van der Waals surface area (Å²) < 4.78 is 16.9. The molecule has 0 aliphatic carbocycles. The van der Waals surface area contributed by atoms with E-state index in [4.69, 9.17) is 4.52 Å². The molecule has 1 aliphatic rings. The van der Waals surface area contributed by atoms with Gasteiger partial charge in [-0.3, -0.25) is 9.59 Å². The summed E-state index contributed by atoms with van der Waals surface area (Å²) in [5, 5.41) is 0. The van der Waals surface area contributed by atoms with E-state index in [0.29, 0.717) is 11.1 Å². The Hall–Kier alpha value is -1.06. The molecule has 0 aromatic rings. The highest BCUT2D eigenvalue weighted by atomic mass is 31.1. The number of carbonyl (C=O) groups excluding carboxylic acids is 2. The number of amides is 2. The van der Waals surface area contributed by atoms with Gasteiger partial charge in [0, 0.05) is 12.8 Å². The maximum Gasteiger partial charge on any atom is 0.656 e. The third-order valence-corrected chi connectivity index (χ3v) is 2.89. The van der Waals surface area contributed by atoms with Crippen LogP contribution in [0.5, 0.6) is 0 Å². The first-order chi connectivity index (χ1) is 6.66. The van der Waals surface area contributed by atoms with Crippen LogP contribution in [0.3, 0.4) is 0 Å². The van der Waals surface area contributed by atoms with Gasteiger partial charge >= 0.3 is 8.18 Å². The van der Waals surface area contributed by atoms with Crippen molar-refractivity contribution in [2.24, 2.45) is 0 Å². The van der Waals surface area contributed by atoms with E-state index >= 15 is 0 Å². The van der Waals surface area contributed by atoms with Crippen LogP contribution in [0.25, 0.3) is 0 Å². The predicted molar refractivity (Wildman–Crippen MR) is 49.5 cm³/mol. The summed E-state index contributed by atoms with van der Waals surface area (Å²) in [6.45, 7) is 3.67. The second-order valence-electron chi connectivity index (χ2n) is 2.75. The molecule has 1 heterocycles. The quantitative estimate of drug-likeness (QED) is 0.301. The minimum Gasteiger partial charge on any atom is -0.270 e. The summed E-state index contributed by atoms with van der Waals surface area (Å²) in [4.78, 5) is 22.2. The Morgan fingerprint density at radius 1 is 1.43 bits per heavy atom. The third kappa shape index (κ3) is 2.47. The largest absolute Gasteiger partial charge is 0.656 e. The van der Waals surface area contributed by atoms with Crippen molar-refractivity contribution in [2.45, 2.75) is 19.3 Å². The highest BCUT2D eigenvalue weighted by Gasteiger charge is 2.45. The van der Waals surface area contributed by atoms with Crippen LogP contribution in [0, 0.1) is 0 Å². The monoisotopic (exact) mass is 216 g/mol. The van der Waals surface area contributed by atoms with Crippen LogP contribution >= 0.6 is 8.18 Å². The number of nitrogens with zero attached hydrogens (tertiary/aromatic N) is 1. The molecule has 1 aliphatic heterocycles. The molecule has 0 saturated carbocycles. The van der Waals surface area contributed by atoms with Crippen molar-refractivity contribution in [3.63, 3.8) is 0 Å². The number of hydrogen-bond donors (Lipinski definition) is 0. The lowest BCUT2D eigenvalue weighted by molar-refractivity contribution is -0.132. The molecule has 0 N–H and O–H groups in total. The summed E-state index contributed by atoms with van der Waals surface area (Å²) in [6.07, 6.45) is 2.41. The minimum atomic E-state index is -2.34. The van der Waals surface area contributed by atoms with Crippen LogP contribution in [-0.4, -0.2) is 23.1 Å². The van der Waals surface area contributed by atoms with Crippen LogP contribution in [0.4, 0.5) is 0 Å². The molecule has 6 heteroatoms. The van der Waals surface area contributed by atoms with Crippen molar-refractivity contribution in [3.8, 4) is 0 Å². The van der Waals surface area contributed by atoms with Gasteiger partial charge in [-0.1, -0.05) is 6.08 Å². The number of carbonyl (C=O) groups is 2. The molecule has 1 fully saturated rings. The SMILES string of the molecule is C=CCCO[P+](=O)N1C(=O)CCC1=O. The van der Waals surface area contributed by atoms with Gasteiger partial charge in [0.15, 0.2) is 0 Å². The molecule has 76 valence electrons. The van der Waals surface area contributed by atoms with E-state index in [2.05, 4.69) is 6.58 Å². The fraction of sp³-hybridized carbons (Fsp3) is 0.500. The van der Waals surface area contributed by atoms with Gasteiger partial charge in [0.25, 0.3) is 11.8 Å². The molecule has 0 aromatic heterocycles. The first-order valence-electron chi connectivity index (χ1n) is 4.23. The molecule has 2 amide bonds. The molecule has 1 saturated heterocycles. The van der Waals surface area contributed by atoms with Gasteiger partial charge in [-0.15, -0.1) is 11.1 Å². The van der Waals surface area contributed by atoms with E-state index in [1.165, 1.54) is 0 Å². The zero-order valence-electron chi connectivity index (χ0n) is 7.64. The highest BCUT2D eigenvalue weighted by molar-refractivity contribution is 7.38. The summed E-state index contributed by atoms with van der Waals surface area (Å²) >= 11 is 0. The summed E-state index contributed by atoms with van der Waals surface area (Å²) in [7, 11) is -2.34. The van der Waals surface area contributed by atoms with E-state index in [-0.39, 0.29) is 19.4 Å². The molecule has 14 heavy (non-hydrogen) atoms. The van der Waals surface area contributed by atoms with Gasteiger partial charge in [0.05, 0.1) is 0 Å². The Labute approximate surface area is 82.6 Å². The van der Waals surface area contributed by atoms with E-state index in [9.17, 15) is 14.2 Å². The smallest absolute Gasteiger partial charge is 0.270 e. The molecule has 0 spiro atoms. The van der Waals surface area contributed by atoms with Gasteiger partial charge in [0.2, 0.25) is 0 Å². The van der Waals surface area contributed by atoms with E-state index < -0.39 is 20.0 Å². The fourth-order valence-electron chi connectivity index (χ4n) is 1.02. The fourth-order valence-corrected chi connectivity index (χ4v) is 1.96. The lowest BCUT2D eigenvalue weighted by Crippen LogP contribution is -2.21. The second-order valence-corrected chi connectivity index (χ2v) is 3.88. The maximum absolute atomic E-state index is 11.3. The Morgan fingerprint density at radius 3 is 2.50 bits per heavy atom. The Bertz CT molecular complexity index is 273. The van der Waals surface area contributed by atoms with Crippen molar-refractivity contribution >= 4 is 20.0 Å². The summed E-state index contributed by atoms with van der Waals surface area (Å²) in [6, 6.07) is 0. The van der Waals surface area contributed by atoms with E-state index in [0.717, 1.165) is 0 Å². The van der Waals surface area contributed by atoms with Crippen molar-refractivity contribution in [3.05, 3.63) is 12.7 Å². The second kappa shape index (κ2) is 4.98. The Kier molecular flexibility index (Phi) is 3.92. The first kappa shape index (κ1) is 11.0. The molecule has 1 unspecified atom stereocenters. The first-order valence-corrected chi connectivity index (χ1v) is 5.36. The van der Waals surface area contributed by atoms with E-state index in [1.807, 2.05) is 0 Å². The van der Waals surface area contributed by atoms with Crippen LogP contribution in [0.2, 0.25) is 0 Å². The zero-order valence-corrected chi connectivity index (χ0v) is 8.53. The van der Waals surface area contributed by atoms with Gasteiger partial charge < -0.3 is 0 Å². The van der Waals surface area contributed by atoms with Crippen LogP contribution in [0.15, 0.2) is 12.7 Å². The normalized spacial score (nSPS) is 17.4. The molecular weight excluding hydrogens is 205 g/mol. The zero-order chi connectivity index (χ0) is 10.6. The molecule has 0 bridgehead atoms. The predicted octanol–water partition coefficient (Wildman–Crippen LogP) is 1.39. The third-order valence-electron chi connectivity index (χ3n) is 1.71. The summed E-state index contributed by atoms with van der Waals surface area (Å²) in [5.41, 5.74) is 0.